The van der Waals surface area contributed by atoms with Crippen molar-refractivity contribution in [3.05, 3.63) is 64.7 Å². The molecule has 4 aliphatic carbocycles. The van der Waals surface area contributed by atoms with Gasteiger partial charge in [-0.25, -0.2) is 0 Å². The molecule has 0 spiro atoms. The fourth-order valence-corrected chi connectivity index (χ4v) is 6.79. The predicted octanol–water partition coefficient (Wildman–Crippen LogP) is 5.95. The van der Waals surface area contributed by atoms with Crippen LogP contribution >= 0.6 is 0 Å². The summed E-state index contributed by atoms with van der Waals surface area (Å²) >= 11 is 0. The van der Waals surface area contributed by atoms with Gasteiger partial charge in [-0.15, -0.1) is 0 Å². The molecule has 146 valence electrons. The number of carbonyl (C=O) groups is 1. The number of nitrogens with one attached hydrogen (secondary N) is 1. The molecule has 0 saturated heterocycles. The van der Waals surface area contributed by atoms with Crippen molar-refractivity contribution in [1.29, 1.82) is 0 Å². The first-order valence-corrected chi connectivity index (χ1v) is 11.0. The maximum Gasteiger partial charge on any atom is 0.228 e. The van der Waals surface area contributed by atoms with Crippen LogP contribution in [-0.4, -0.2) is 5.91 Å². The summed E-state index contributed by atoms with van der Waals surface area (Å²) in [6.07, 6.45) is 9.03. The highest BCUT2D eigenvalue weighted by Gasteiger charge is 2.51. The molecule has 4 bridgehead atoms. The van der Waals surface area contributed by atoms with Gasteiger partial charge in [-0.05, 0) is 104 Å². The lowest BCUT2D eigenvalue weighted by atomic mass is 9.48. The van der Waals surface area contributed by atoms with Crippen LogP contribution in [0.25, 0.3) is 0 Å². The average molecular weight is 374 g/mol. The van der Waals surface area contributed by atoms with Crippen LogP contribution in [0.15, 0.2) is 42.5 Å². The van der Waals surface area contributed by atoms with Crippen LogP contribution in [0.1, 0.15) is 60.8 Å². The minimum absolute atomic E-state index is 0.0644. The van der Waals surface area contributed by atoms with E-state index in [4.69, 9.17) is 0 Å². The summed E-state index contributed by atoms with van der Waals surface area (Å²) in [5, 5.41) is 3.09. The van der Waals surface area contributed by atoms with Gasteiger partial charge in [-0.1, -0.05) is 35.9 Å². The van der Waals surface area contributed by atoms with E-state index in [9.17, 15) is 4.79 Å². The zero-order valence-electron chi connectivity index (χ0n) is 17.1. The van der Waals surface area contributed by atoms with E-state index in [1.165, 1.54) is 55.2 Å². The highest BCUT2D eigenvalue weighted by atomic mass is 16.1. The third-order valence-electron chi connectivity index (χ3n) is 7.67. The summed E-state index contributed by atoms with van der Waals surface area (Å²) in [5.74, 6) is 2.95. The number of rotatable bonds is 4. The standard InChI is InChI=1S/C26H31NO/c1-17-3-4-22(18(2)9-17)13-25(28)27-24-7-5-23(6-8-24)26-14-19-10-20(15-26)12-21(11-19)16-26/h3-9,19-21H,10-16H2,1-2H3,(H,27,28). The van der Waals surface area contributed by atoms with Gasteiger partial charge in [0.15, 0.2) is 0 Å². The Balaban J connectivity index is 1.27. The molecule has 2 heteroatoms. The lowest BCUT2D eigenvalue weighted by molar-refractivity contribution is -0.115. The third kappa shape index (κ3) is 3.27. The van der Waals surface area contributed by atoms with Gasteiger partial charge in [0.05, 0.1) is 6.42 Å². The van der Waals surface area contributed by atoms with Crippen LogP contribution in [0.3, 0.4) is 0 Å². The monoisotopic (exact) mass is 373 g/mol. The Morgan fingerprint density at radius 3 is 2.11 bits per heavy atom. The zero-order chi connectivity index (χ0) is 19.3. The molecule has 0 heterocycles. The summed E-state index contributed by atoms with van der Waals surface area (Å²) in [4.78, 5) is 12.5. The fourth-order valence-electron chi connectivity index (χ4n) is 6.79. The molecule has 2 aromatic rings. The highest BCUT2D eigenvalue weighted by molar-refractivity contribution is 5.92. The van der Waals surface area contributed by atoms with E-state index in [2.05, 4.69) is 61.6 Å². The van der Waals surface area contributed by atoms with Crippen molar-refractivity contribution in [3.63, 3.8) is 0 Å². The average Bonchev–Trinajstić information content (AvgIpc) is 2.63. The maximum atomic E-state index is 12.5. The molecule has 28 heavy (non-hydrogen) atoms. The third-order valence-corrected chi connectivity index (χ3v) is 7.67. The van der Waals surface area contributed by atoms with Crippen molar-refractivity contribution in [3.8, 4) is 0 Å². The van der Waals surface area contributed by atoms with E-state index in [0.717, 1.165) is 29.0 Å². The van der Waals surface area contributed by atoms with Crippen LogP contribution in [0.2, 0.25) is 0 Å². The second-order valence-electron chi connectivity index (χ2n) is 9.93. The van der Waals surface area contributed by atoms with Crippen LogP contribution in [0.4, 0.5) is 5.69 Å². The number of carbonyl (C=O) groups excluding carboxylic acids is 1. The van der Waals surface area contributed by atoms with Gasteiger partial charge < -0.3 is 5.32 Å². The number of hydrogen-bond acceptors (Lipinski definition) is 1. The van der Waals surface area contributed by atoms with Gasteiger partial charge in [0, 0.05) is 5.69 Å². The molecule has 4 fully saturated rings. The normalized spacial score (nSPS) is 30.4. The molecule has 4 saturated carbocycles. The summed E-state index contributed by atoms with van der Waals surface area (Å²) in [5.41, 5.74) is 6.39. The predicted molar refractivity (Wildman–Crippen MR) is 115 cm³/mol. The largest absolute Gasteiger partial charge is 0.326 e. The first kappa shape index (κ1) is 18.0. The maximum absolute atomic E-state index is 12.5. The lowest BCUT2D eigenvalue weighted by Crippen LogP contribution is -2.48. The zero-order valence-corrected chi connectivity index (χ0v) is 17.1. The Morgan fingerprint density at radius 2 is 1.54 bits per heavy atom. The Bertz CT molecular complexity index is 860. The molecule has 1 N–H and O–H groups in total. The van der Waals surface area contributed by atoms with Crippen molar-refractivity contribution >= 4 is 11.6 Å². The number of anilines is 1. The lowest BCUT2D eigenvalue weighted by Gasteiger charge is -2.57. The van der Waals surface area contributed by atoms with E-state index < -0.39 is 0 Å². The fraction of sp³-hybridized carbons (Fsp3) is 0.500. The molecule has 2 nitrogen and oxygen atoms in total. The van der Waals surface area contributed by atoms with Gasteiger partial charge in [0.25, 0.3) is 0 Å². The summed E-state index contributed by atoms with van der Waals surface area (Å²) in [6.45, 7) is 4.16. The SMILES string of the molecule is Cc1ccc(CC(=O)Nc2ccc(C34CC5CC(CC(C5)C3)C4)cc2)c(C)c1. The highest BCUT2D eigenvalue weighted by Crippen LogP contribution is 2.60. The van der Waals surface area contributed by atoms with E-state index in [1.54, 1.807) is 0 Å². The second kappa shape index (κ2) is 6.76. The molecule has 4 aliphatic rings. The van der Waals surface area contributed by atoms with Crippen LogP contribution in [-0.2, 0) is 16.6 Å². The van der Waals surface area contributed by atoms with Gasteiger partial charge in [0.2, 0.25) is 5.91 Å². The second-order valence-corrected chi connectivity index (χ2v) is 9.93. The first-order valence-electron chi connectivity index (χ1n) is 11.0. The van der Waals surface area contributed by atoms with Crippen LogP contribution in [0.5, 0.6) is 0 Å². The van der Waals surface area contributed by atoms with E-state index >= 15 is 0 Å². The smallest absolute Gasteiger partial charge is 0.228 e. The van der Waals surface area contributed by atoms with E-state index in [1.807, 2.05) is 0 Å². The first-order chi connectivity index (χ1) is 13.5. The summed E-state index contributed by atoms with van der Waals surface area (Å²) < 4.78 is 0. The summed E-state index contributed by atoms with van der Waals surface area (Å²) in [6, 6.07) is 15.1. The van der Waals surface area contributed by atoms with Gasteiger partial charge in [-0.3, -0.25) is 4.79 Å². The van der Waals surface area contributed by atoms with Gasteiger partial charge in [-0.2, -0.15) is 0 Å². The molecule has 0 unspecified atom stereocenters. The Kier molecular flexibility index (Phi) is 4.34. The Morgan fingerprint density at radius 1 is 0.929 bits per heavy atom. The molecular weight excluding hydrogens is 342 g/mol. The Hall–Kier alpha value is -2.09. The minimum Gasteiger partial charge on any atom is -0.326 e. The van der Waals surface area contributed by atoms with Crippen LogP contribution in [0, 0.1) is 31.6 Å². The van der Waals surface area contributed by atoms with Crippen molar-refractivity contribution in [2.45, 2.75) is 64.2 Å². The van der Waals surface area contributed by atoms with Gasteiger partial charge in [0.1, 0.15) is 0 Å². The number of aryl methyl sites for hydroxylation is 2. The molecule has 2 aromatic carbocycles. The van der Waals surface area contributed by atoms with E-state index in [0.29, 0.717) is 11.8 Å². The minimum atomic E-state index is 0.0644. The molecule has 0 radical (unpaired) electrons. The van der Waals surface area contributed by atoms with E-state index in [-0.39, 0.29) is 5.91 Å². The molecular formula is C26H31NO. The molecule has 0 aromatic heterocycles. The van der Waals surface area contributed by atoms with Crippen molar-refractivity contribution in [2.75, 3.05) is 5.32 Å². The number of amides is 1. The van der Waals surface area contributed by atoms with Crippen molar-refractivity contribution < 1.29 is 4.79 Å². The molecule has 0 aliphatic heterocycles. The van der Waals surface area contributed by atoms with Gasteiger partial charge >= 0.3 is 0 Å². The number of hydrogen-bond donors (Lipinski definition) is 1. The molecule has 6 rings (SSSR count). The number of benzene rings is 2. The molecule has 0 atom stereocenters. The quantitative estimate of drug-likeness (QED) is 0.705. The van der Waals surface area contributed by atoms with Crippen molar-refractivity contribution in [1.82, 2.24) is 0 Å². The summed E-state index contributed by atoms with van der Waals surface area (Å²) in [7, 11) is 0. The Labute approximate surface area is 168 Å². The van der Waals surface area contributed by atoms with Crippen molar-refractivity contribution in [2.24, 2.45) is 17.8 Å². The molecule has 1 amide bonds. The van der Waals surface area contributed by atoms with Crippen LogP contribution < -0.4 is 5.32 Å². The topological polar surface area (TPSA) is 29.1 Å².